The quantitative estimate of drug-likeness (QED) is 0.306. The van der Waals surface area contributed by atoms with Gasteiger partial charge in [0.2, 0.25) is 5.91 Å². The normalized spacial score (nSPS) is 20.9. The van der Waals surface area contributed by atoms with E-state index in [4.69, 9.17) is 10.2 Å². The second-order valence-corrected chi connectivity index (χ2v) is 10.8. The Bertz CT molecular complexity index is 1700. The first kappa shape index (κ1) is 25.7. The molecule has 3 aliphatic rings. The summed E-state index contributed by atoms with van der Waals surface area (Å²) in [4.78, 5) is 38.2. The van der Waals surface area contributed by atoms with Crippen molar-refractivity contribution in [3.05, 3.63) is 82.9 Å². The lowest BCUT2D eigenvalue weighted by Crippen LogP contribution is -2.74. The van der Waals surface area contributed by atoms with Crippen molar-refractivity contribution in [2.45, 2.75) is 31.7 Å². The van der Waals surface area contributed by atoms with Gasteiger partial charge in [-0.05, 0) is 89.9 Å². The highest BCUT2D eigenvalue weighted by atomic mass is 19.1. The molecule has 4 N–H and O–H groups in total. The summed E-state index contributed by atoms with van der Waals surface area (Å²) in [6.45, 7) is 2.09. The molecule has 1 atom stereocenters. The predicted octanol–water partition coefficient (Wildman–Crippen LogP) is 4.96. The zero-order valence-corrected chi connectivity index (χ0v) is 21.9. The van der Waals surface area contributed by atoms with Crippen molar-refractivity contribution in [1.82, 2.24) is 10.6 Å². The van der Waals surface area contributed by atoms with Crippen molar-refractivity contribution in [2.75, 3.05) is 7.05 Å². The average molecular weight is 544 g/mol. The summed E-state index contributed by atoms with van der Waals surface area (Å²) in [6, 6.07) is 13.0. The molecule has 1 aromatic heterocycles. The van der Waals surface area contributed by atoms with E-state index in [1.165, 1.54) is 49.5 Å². The molecule has 204 valence electrons. The van der Waals surface area contributed by atoms with Crippen LogP contribution in [-0.4, -0.2) is 30.3 Å². The number of fused-ring (bicyclic) bond motifs is 1. The van der Waals surface area contributed by atoms with Crippen LogP contribution in [-0.2, 0) is 11.2 Å². The van der Waals surface area contributed by atoms with Crippen molar-refractivity contribution in [3.8, 4) is 22.5 Å². The molecule has 3 aromatic carbocycles. The van der Waals surface area contributed by atoms with E-state index >= 15 is 0 Å². The molecule has 0 spiro atoms. The Hall–Kier alpha value is -4.53. The van der Waals surface area contributed by atoms with Crippen LogP contribution in [0.4, 0.5) is 8.78 Å². The Labute approximate surface area is 228 Å². The molecule has 9 heteroatoms. The summed E-state index contributed by atoms with van der Waals surface area (Å²) in [5, 5.41) is 6.07. The minimum Gasteiger partial charge on any atom is -0.455 e. The molecule has 7 nitrogen and oxygen atoms in total. The first-order valence-electron chi connectivity index (χ1n) is 13.1. The van der Waals surface area contributed by atoms with Crippen molar-refractivity contribution < 1.29 is 27.6 Å². The van der Waals surface area contributed by atoms with Crippen LogP contribution in [0, 0.1) is 23.5 Å². The van der Waals surface area contributed by atoms with Gasteiger partial charge in [0, 0.05) is 23.5 Å². The fourth-order valence-electron chi connectivity index (χ4n) is 6.05. The van der Waals surface area contributed by atoms with E-state index < -0.39 is 29.4 Å². The molecular formula is C31H27F2N3O4. The first-order valence-corrected chi connectivity index (χ1v) is 13.1. The van der Waals surface area contributed by atoms with E-state index in [9.17, 15) is 23.2 Å². The Morgan fingerprint density at radius 2 is 1.70 bits per heavy atom. The van der Waals surface area contributed by atoms with Crippen molar-refractivity contribution in [3.63, 3.8) is 0 Å². The molecule has 3 fully saturated rings. The molecule has 2 bridgehead atoms. The molecule has 3 saturated carbocycles. The molecule has 1 heterocycles. The predicted molar refractivity (Wildman–Crippen MR) is 145 cm³/mol. The lowest BCUT2D eigenvalue weighted by molar-refractivity contribution is -0.118. The number of hydrogen-bond donors (Lipinski definition) is 3. The third kappa shape index (κ3) is 4.04. The summed E-state index contributed by atoms with van der Waals surface area (Å²) in [6.07, 6.45) is 1.65. The van der Waals surface area contributed by atoms with E-state index in [0.29, 0.717) is 45.1 Å². The number of rotatable bonds is 7. The maximum absolute atomic E-state index is 14.9. The van der Waals surface area contributed by atoms with Gasteiger partial charge < -0.3 is 20.8 Å². The largest absolute Gasteiger partial charge is 0.455 e. The summed E-state index contributed by atoms with van der Waals surface area (Å²) < 4.78 is 34.6. The number of benzene rings is 3. The highest BCUT2D eigenvalue weighted by Gasteiger charge is 2.63. The third-order valence-corrected chi connectivity index (χ3v) is 8.56. The highest BCUT2D eigenvalue weighted by molar-refractivity contribution is 6.12. The number of nitrogens with one attached hydrogen (secondary N) is 2. The maximum atomic E-state index is 14.9. The Balaban J connectivity index is 1.49. The Morgan fingerprint density at radius 1 is 1.00 bits per heavy atom. The van der Waals surface area contributed by atoms with E-state index in [2.05, 4.69) is 17.6 Å². The van der Waals surface area contributed by atoms with Gasteiger partial charge in [0.25, 0.3) is 11.8 Å². The van der Waals surface area contributed by atoms with Crippen LogP contribution in [0.25, 0.3) is 33.4 Å². The van der Waals surface area contributed by atoms with E-state index in [1.807, 2.05) is 0 Å². The average Bonchev–Trinajstić information content (AvgIpc) is 3.28. The van der Waals surface area contributed by atoms with Gasteiger partial charge >= 0.3 is 0 Å². The minimum absolute atomic E-state index is 0.106. The van der Waals surface area contributed by atoms with Crippen molar-refractivity contribution >= 4 is 28.7 Å². The number of nitrogens with two attached hydrogens (primary N) is 1. The van der Waals surface area contributed by atoms with Gasteiger partial charge in [-0.15, -0.1) is 0 Å². The van der Waals surface area contributed by atoms with Gasteiger partial charge in [-0.1, -0.05) is 13.0 Å². The third-order valence-electron chi connectivity index (χ3n) is 8.56. The van der Waals surface area contributed by atoms with Gasteiger partial charge in [-0.25, -0.2) is 8.78 Å². The molecule has 40 heavy (non-hydrogen) atoms. The van der Waals surface area contributed by atoms with E-state index in [1.54, 1.807) is 12.1 Å². The summed E-state index contributed by atoms with van der Waals surface area (Å²) in [5.41, 5.74) is 7.64. The van der Waals surface area contributed by atoms with Crippen LogP contribution in [0.15, 0.2) is 59.0 Å². The van der Waals surface area contributed by atoms with Crippen LogP contribution in [0.5, 0.6) is 0 Å². The molecule has 7 rings (SSSR count). The number of amides is 3. The van der Waals surface area contributed by atoms with Crippen LogP contribution in [0.1, 0.15) is 46.0 Å². The van der Waals surface area contributed by atoms with Gasteiger partial charge in [-0.3, -0.25) is 14.4 Å². The molecule has 0 radical (unpaired) electrons. The van der Waals surface area contributed by atoms with Gasteiger partial charge in [0.05, 0.1) is 17.5 Å². The first-order chi connectivity index (χ1) is 19.1. The molecular weight excluding hydrogens is 516 g/mol. The topological polar surface area (TPSA) is 114 Å². The molecule has 0 aliphatic heterocycles. The van der Waals surface area contributed by atoms with Crippen LogP contribution in [0.3, 0.4) is 0 Å². The standard InChI is InChI=1S/C31H27F2N3O4/c1-15-19-13-31(15,14-19)36-29(38)22-9-17(5-8-24(22)33)21-12-23-25(10-18(21)11-26(34)37)40-28(27(23)30(39)35-2)16-3-6-20(32)7-4-16/h3-10,12,15,19H,11,13-14H2,1-2H3,(H2,34,37)(H,35,39)(H,36,38). The Morgan fingerprint density at radius 3 is 2.30 bits per heavy atom. The molecule has 3 amide bonds. The SMILES string of the molecule is CNC(=O)c1c(-c2ccc(F)cc2)oc2cc(CC(N)=O)c(-c3ccc(F)c(C(=O)NC45CC(C4)C5C)c3)cc12. The summed E-state index contributed by atoms with van der Waals surface area (Å²) in [5.74, 6) is -1.42. The van der Waals surface area contributed by atoms with Gasteiger partial charge in [-0.2, -0.15) is 0 Å². The molecule has 3 aliphatic carbocycles. The Kier molecular flexibility index (Phi) is 5.98. The van der Waals surface area contributed by atoms with E-state index in [0.717, 1.165) is 12.8 Å². The summed E-state index contributed by atoms with van der Waals surface area (Å²) >= 11 is 0. The van der Waals surface area contributed by atoms with Gasteiger partial charge in [0.15, 0.2) is 0 Å². The van der Waals surface area contributed by atoms with Crippen molar-refractivity contribution in [1.29, 1.82) is 0 Å². The number of halogens is 2. The lowest BCUT2D eigenvalue weighted by Gasteiger charge is -2.67. The zero-order valence-electron chi connectivity index (χ0n) is 21.9. The number of carbonyl (C=O) groups is 3. The van der Waals surface area contributed by atoms with Crippen LogP contribution < -0.4 is 16.4 Å². The number of carbonyl (C=O) groups excluding carboxylic acids is 3. The highest BCUT2D eigenvalue weighted by Crippen LogP contribution is 2.61. The summed E-state index contributed by atoms with van der Waals surface area (Å²) in [7, 11) is 1.48. The minimum atomic E-state index is -0.661. The van der Waals surface area contributed by atoms with E-state index in [-0.39, 0.29) is 28.8 Å². The maximum Gasteiger partial charge on any atom is 0.255 e. The zero-order chi connectivity index (χ0) is 28.3. The monoisotopic (exact) mass is 543 g/mol. The molecule has 0 saturated heterocycles. The van der Waals surface area contributed by atoms with Gasteiger partial charge in [0.1, 0.15) is 23.0 Å². The molecule has 1 unspecified atom stereocenters. The second-order valence-electron chi connectivity index (χ2n) is 10.8. The fraction of sp³-hybridized carbons (Fsp3) is 0.258. The number of hydrogen-bond acceptors (Lipinski definition) is 4. The number of primary amides is 1. The van der Waals surface area contributed by atoms with Crippen molar-refractivity contribution in [2.24, 2.45) is 17.6 Å². The lowest BCUT2D eigenvalue weighted by atomic mass is 9.43. The van der Waals surface area contributed by atoms with Crippen LogP contribution >= 0.6 is 0 Å². The fourth-order valence-corrected chi connectivity index (χ4v) is 6.05. The number of furan rings is 1. The second kappa shape index (κ2) is 9.29. The molecule has 4 aromatic rings. The smallest absolute Gasteiger partial charge is 0.255 e. The van der Waals surface area contributed by atoms with Crippen LogP contribution in [0.2, 0.25) is 0 Å².